The third-order valence-electron chi connectivity index (χ3n) is 3.98. The van der Waals surface area contributed by atoms with Crippen LogP contribution in [0.3, 0.4) is 0 Å². The van der Waals surface area contributed by atoms with Crippen molar-refractivity contribution in [3.8, 4) is 5.75 Å². The van der Waals surface area contributed by atoms with E-state index in [2.05, 4.69) is 10.6 Å². The minimum absolute atomic E-state index is 0.140. The van der Waals surface area contributed by atoms with Crippen LogP contribution >= 0.6 is 0 Å². The molecule has 6 nitrogen and oxygen atoms in total. The van der Waals surface area contributed by atoms with E-state index in [1.165, 1.54) is 0 Å². The first-order valence-corrected chi connectivity index (χ1v) is 8.22. The first-order valence-electron chi connectivity index (χ1n) is 8.22. The van der Waals surface area contributed by atoms with Gasteiger partial charge < -0.3 is 20.6 Å². The molecular formula is C19H21N3O3. The van der Waals surface area contributed by atoms with Crippen LogP contribution < -0.4 is 10.6 Å². The van der Waals surface area contributed by atoms with E-state index >= 15 is 0 Å². The van der Waals surface area contributed by atoms with Gasteiger partial charge in [-0.05, 0) is 48.7 Å². The number of benzene rings is 2. The second-order valence-corrected chi connectivity index (χ2v) is 6.28. The smallest absolute Gasteiger partial charge is 0.319 e. The fourth-order valence-corrected chi connectivity index (χ4v) is 2.48. The van der Waals surface area contributed by atoms with Crippen molar-refractivity contribution in [1.29, 1.82) is 0 Å². The summed E-state index contributed by atoms with van der Waals surface area (Å²) in [5.41, 5.74) is 2.01. The minimum atomic E-state index is -0.246. The Kier molecular flexibility index (Phi) is 4.88. The van der Waals surface area contributed by atoms with Crippen molar-refractivity contribution in [3.63, 3.8) is 0 Å². The molecule has 0 atom stereocenters. The molecule has 0 heterocycles. The van der Waals surface area contributed by atoms with Crippen LogP contribution in [0.4, 0.5) is 10.5 Å². The fraction of sp³-hybridized carbons (Fsp3) is 0.263. The molecule has 25 heavy (non-hydrogen) atoms. The Morgan fingerprint density at radius 1 is 1.16 bits per heavy atom. The number of rotatable bonds is 5. The Balaban J connectivity index is 1.63. The average molecular weight is 339 g/mol. The molecule has 0 aromatic heterocycles. The molecule has 1 fully saturated rings. The maximum Gasteiger partial charge on any atom is 0.319 e. The predicted octanol–water partition coefficient (Wildman–Crippen LogP) is 2.95. The van der Waals surface area contributed by atoms with E-state index in [1.807, 2.05) is 0 Å². The number of hydrogen-bond donors (Lipinski definition) is 3. The highest BCUT2D eigenvalue weighted by atomic mass is 16.3. The number of phenols is 1. The molecule has 2 aromatic rings. The lowest BCUT2D eigenvalue weighted by Gasteiger charge is -2.18. The first kappa shape index (κ1) is 16.8. The summed E-state index contributed by atoms with van der Waals surface area (Å²) in [5, 5.41) is 14.9. The van der Waals surface area contributed by atoms with Crippen LogP contribution in [0, 0.1) is 0 Å². The average Bonchev–Trinajstić information content (AvgIpc) is 3.40. The maximum absolute atomic E-state index is 12.6. The van der Waals surface area contributed by atoms with Gasteiger partial charge in [0.15, 0.2) is 0 Å². The number of nitrogens with zero attached hydrogens (tertiary/aromatic N) is 1. The zero-order chi connectivity index (χ0) is 17.8. The molecule has 0 saturated heterocycles. The maximum atomic E-state index is 12.6. The number of phenolic OH excluding ortho intramolecular Hbond substituents is 1. The topological polar surface area (TPSA) is 81.7 Å². The van der Waals surface area contributed by atoms with Crippen molar-refractivity contribution in [2.24, 2.45) is 0 Å². The highest BCUT2D eigenvalue weighted by Gasteiger charge is 2.23. The number of nitrogens with one attached hydrogen (secondary N) is 2. The molecule has 130 valence electrons. The van der Waals surface area contributed by atoms with Crippen molar-refractivity contribution in [1.82, 2.24) is 10.2 Å². The van der Waals surface area contributed by atoms with Gasteiger partial charge >= 0.3 is 6.03 Å². The van der Waals surface area contributed by atoms with Crippen LogP contribution in [-0.4, -0.2) is 35.0 Å². The summed E-state index contributed by atoms with van der Waals surface area (Å²) in [4.78, 5) is 26.0. The summed E-state index contributed by atoms with van der Waals surface area (Å²) in [6.45, 7) is 0.429. The Morgan fingerprint density at radius 3 is 2.56 bits per heavy atom. The van der Waals surface area contributed by atoms with Crippen LogP contribution in [0.15, 0.2) is 48.5 Å². The summed E-state index contributed by atoms with van der Waals surface area (Å²) in [5.74, 6) is 0.0558. The number of carbonyl (C=O) groups is 2. The van der Waals surface area contributed by atoms with Crippen molar-refractivity contribution >= 4 is 17.6 Å². The lowest BCUT2D eigenvalue weighted by molar-refractivity contribution is 0.0785. The number of carbonyl (C=O) groups excluding carboxylic acids is 2. The molecule has 1 saturated carbocycles. The van der Waals surface area contributed by atoms with Crippen molar-refractivity contribution in [2.45, 2.75) is 25.4 Å². The molecule has 3 amide bonds. The predicted molar refractivity (Wildman–Crippen MR) is 95.5 cm³/mol. The lowest BCUT2D eigenvalue weighted by atomic mass is 10.1. The third kappa shape index (κ3) is 4.73. The Morgan fingerprint density at radius 2 is 1.88 bits per heavy atom. The van der Waals surface area contributed by atoms with Gasteiger partial charge in [-0.3, -0.25) is 4.79 Å². The van der Waals surface area contributed by atoms with Crippen LogP contribution in [0.2, 0.25) is 0 Å². The third-order valence-corrected chi connectivity index (χ3v) is 3.98. The highest BCUT2D eigenvalue weighted by molar-refractivity contribution is 5.96. The Hall–Kier alpha value is -3.02. The summed E-state index contributed by atoms with van der Waals surface area (Å²) in [7, 11) is 1.72. The minimum Gasteiger partial charge on any atom is -0.508 e. The summed E-state index contributed by atoms with van der Waals surface area (Å²) in [6, 6.07) is 13.7. The van der Waals surface area contributed by atoms with Gasteiger partial charge in [-0.2, -0.15) is 0 Å². The largest absolute Gasteiger partial charge is 0.508 e. The zero-order valence-corrected chi connectivity index (χ0v) is 14.0. The number of anilines is 1. The standard InChI is InChI=1S/C19H21N3O3/c1-22(12-13-5-9-17(23)10-6-13)18(24)14-3-2-4-16(11-14)21-19(25)20-15-7-8-15/h2-6,9-11,15,23H,7-8,12H2,1H3,(H2,20,21,25). The van der Waals surface area contributed by atoms with Crippen molar-refractivity contribution in [3.05, 3.63) is 59.7 Å². The normalized spacial score (nSPS) is 13.2. The van der Waals surface area contributed by atoms with Gasteiger partial charge in [-0.1, -0.05) is 18.2 Å². The second kappa shape index (κ2) is 7.25. The van der Waals surface area contributed by atoms with E-state index in [0.717, 1.165) is 18.4 Å². The molecule has 2 aromatic carbocycles. The second-order valence-electron chi connectivity index (χ2n) is 6.28. The van der Waals surface area contributed by atoms with Crippen LogP contribution in [0.25, 0.3) is 0 Å². The molecule has 0 unspecified atom stereocenters. The van der Waals surface area contributed by atoms with E-state index in [1.54, 1.807) is 60.5 Å². The number of amides is 3. The molecule has 0 radical (unpaired) electrons. The van der Waals surface area contributed by atoms with E-state index in [9.17, 15) is 14.7 Å². The molecule has 3 N–H and O–H groups in total. The number of hydrogen-bond acceptors (Lipinski definition) is 3. The molecule has 1 aliphatic rings. The Labute approximate surface area is 146 Å². The molecule has 6 heteroatoms. The first-order chi connectivity index (χ1) is 12.0. The summed E-state index contributed by atoms with van der Waals surface area (Å²) < 4.78 is 0. The number of urea groups is 1. The van der Waals surface area contributed by atoms with Crippen LogP contribution in [0.1, 0.15) is 28.8 Å². The van der Waals surface area contributed by atoms with E-state index in [-0.39, 0.29) is 23.7 Å². The highest BCUT2D eigenvalue weighted by Crippen LogP contribution is 2.19. The molecule has 0 spiro atoms. The van der Waals surface area contributed by atoms with Crippen LogP contribution in [-0.2, 0) is 6.54 Å². The molecule has 0 aliphatic heterocycles. The zero-order valence-electron chi connectivity index (χ0n) is 14.0. The van der Waals surface area contributed by atoms with Crippen molar-refractivity contribution < 1.29 is 14.7 Å². The van der Waals surface area contributed by atoms with Gasteiger partial charge in [0, 0.05) is 30.9 Å². The van der Waals surface area contributed by atoms with Crippen molar-refractivity contribution in [2.75, 3.05) is 12.4 Å². The van der Waals surface area contributed by atoms with Gasteiger partial charge in [0.05, 0.1) is 0 Å². The quantitative estimate of drug-likeness (QED) is 0.783. The van der Waals surface area contributed by atoms with Gasteiger partial charge in [-0.25, -0.2) is 4.79 Å². The SMILES string of the molecule is CN(Cc1ccc(O)cc1)C(=O)c1cccc(NC(=O)NC2CC2)c1. The summed E-state index contributed by atoms with van der Waals surface area (Å²) in [6.07, 6.45) is 2.04. The van der Waals surface area contributed by atoms with Gasteiger partial charge in [0.25, 0.3) is 5.91 Å². The molecular weight excluding hydrogens is 318 g/mol. The lowest BCUT2D eigenvalue weighted by Crippen LogP contribution is -2.30. The molecule has 1 aliphatic carbocycles. The summed E-state index contributed by atoms with van der Waals surface area (Å²) >= 11 is 0. The van der Waals surface area contributed by atoms with Gasteiger partial charge in [0.1, 0.15) is 5.75 Å². The fourth-order valence-electron chi connectivity index (χ4n) is 2.48. The van der Waals surface area contributed by atoms with E-state index < -0.39 is 0 Å². The monoisotopic (exact) mass is 339 g/mol. The van der Waals surface area contributed by atoms with Gasteiger partial charge in [0.2, 0.25) is 0 Å². The van der Waals surface area contributed by atoms with Gasteiger partial charge in [-0.15, -0.1) is 0 Å². The van der Waals surface area contributed by atoms with E-state index in [0.29, 0.717) is 17.8 Å². The Bertz CT molecular complexity index is 770. The van der Waals surface area contributed by atoms with Crippen LogP contribution in [0.5, 0.6) is 5.75 Å². The number of aromatic hydroxyl groups is 1. The molecule has 3 rings (SSSR count). The molecule has 0 bridgehead atoms. The van der Waals surface area contributed by atoms with E-state index in [4.69, 9.17) is 0 Å².